The third-order valence-electron chi connectivity index (χ3n) is 6.59. The number of aryl methyl sites for hydroxylation is 1. The number of piperidine rings is 1. The summed E-state index contributed by atoms with van der Waals surface area (Å²) in [7, 11) is 0. The molecule has 3 heterocycles. The Kier molecular flexibility index (Phi) is 4.76. The Morgan fingerprint density at radius 2 is 2.04 bits per heavy atom. The predicted octanol–water partition coefficient (Wildman–Crippen LogP) is 2.75. The third-order valence-corrected chi connectivity index (χ3v) is 6.59. The minimum absolute atomic E-state index is 0.0524. The van der Waals surface area contributed by atoms with Crippen molar-refractivity contribution in [3.63, 3.8) is 0 Å². The second-order valence-electron chi connectivity index (χ2n) is 8.55. The Balaban J connectivity index is 1.42. The molecule has 1 aromatic heterocycles. The molecule has 26 heavy (non-hydrogen) atoms. The van der Waals surface area contributed by atoms with E-state index in [0.29, 0.717) is 30.6 Å². The monoisotopic (exact) mass is 358 g/mol. The molecule has 4 rings (SSSR count). The molecule has 2 aliphatic heterocycles. The number of carbonyl (C=O) groups excluding carboxylic acids is 2. The molecule has 3 fully saturated rings. The summed E-state index contributed by atoms with van der Waals surface area (Å²) < 4.78 is 0. The van der Waals surface area contributed by atoms with Gasteiger partial charge in [-0.2, -0.15) is 5.10 Å². The first-order valence-corrected chi connectivity index (χ1v) is 10.2. The largest absolute Gasteiger partial charge is 0.342 e. The first kappa shape index (κ1) is 17.6. The lowest BCUT2D eigenvalue weighted by Crippen LogP contribution is -2.51. The number of aromatic nitrogens is 2. The van der Waals surface area contributed by atoms with E-state index in [9.17, 15) is 9.59 Å². The van der Waals surface area contributed by atoms with E-state index in [1.165, 1.54) is 32.1 Å². The summed E-state index contributed by atoms with van der Waals surface area (Å²) in [6.45, 7) is 4.92. The minimum atomic E-state index is -0.353. The number of hydrogen-bond donors (Lipinski definition) is 1. The van der Waals surface area contributed by atoms with Gasteiger partial charge in [0.1, 0.15) is 5.69 Å². The summed E-state index contributed by atoms with van der Waals surface area (Å²) in [5.41, 5.74) is 0.991. The van der Waals surface area contributed by atoms with Crippen molar-refractivity contribution in [2.24, 2.45) is 11.3 Å². The van der Waals surface area contributed by atoms with Gasteiger partial charge in [-0.25, -0.2) is 0 Å². The highest BCUT2D eigenvalue weighted by molar-refractivity contribution is 5.94. The van der Waals surface area contributed by atoms with Crippen LogP contribution in [0.3, 0.4) is 0 Å². The van der Waals surface area contributed by atoms with Crippen molar-refractivity contribution in [2.45, 2.75) is 58.3 Å². The summed E-state index contributed by atoms with van der Waals surface area (Å²) in [4.78, 5) is 30.0. The van der Waals surface area contributed by atoms with E-state index < -0.39 is 0 Å². The van der Waals surface area contributed by atoms with E-state index >= 15 is 0 Å². The van der Waals surface area contributed by atoms with E-state index in [0.717, 1.165) is 38.0 Å². The van der Waals surface area contributed by atoms with Crippen LogP contribution >= 0.6 is 0 Å². The molecule has 0 bridgehead atoms. The van der Waals surface area contributed by atoms with Gasteiger partial charge in [-0.05, 0) is 51.0 Å². The molecule has 0 aromatic carbocycles. The van der Waals surface area contributed by atoms with Crippen molar-refractivity contribution in [2.75, 3.05) is 26.2 Å². The van der Waals surface area contributed by atoms with E-state index in [4.69, 9.17) is 0 Å². The van der Waals surface area contributed by atoms with Crippen molar-refractivity contribution < 1.29 is 9.59 Å². The number of nitrogens with zero attached hydrogens (tertiary/aromatic N) is 3. The highest BCUT2D eigenvalue weighted by Crippen LogP contribution is 2.41. The lowest BCUT2D eigenvalue weighted by molar-refractivity contribution is -0.146. The second kappa shape index (κ2) is 7.05. The highest BCUT2D eigenvalue weighted by Gasteiger charge is 2.49. The van der Waals surface area contributed by atoms with Gasteiger partial charge >= 0.3 is 0 Å². The second-order valence-corrected chi connectivity index (χ2v) is 8.55. The molecule has 0 radical (unpaired) electrons. The van der Waals surface area contributed by atoms with Crippen LogP contribution in [0.1, 0.15) is 67.5 Å². The van der Waals surface area contributed by atoms with Crippen molar-refractivity contribution >= 4 is 11.8 Å². The molecule has 142 valence electrons. The predicted molar refractivity (Wildman–Crippen MR) is 98.7 cm³/mol. The van der Waals surface area contributed by atoms with Gasteiger partial charge in [0.15, 0.2) is 0 Å². The number of H-pyrrole nitrogens is 1. The number of carbonyl (C=O) groups is 2. The number of rotatable bonds is 3. The standard InChI is InChI=1S/C20H30N4O2/c1-15-12-17(22-21-15)18(25)24-11-9-20(14-24)8-5-10-23(19(20)26)13-16-6-3-2-4-7-16/h12,16H,2-11,13-14H2,1H3,(H,21,22)/t20-/m1/s1. The summed E-state index contributed by atoms with van der Waals surface area (Å²) in [5.74, 6) is 0.917. The minimum Gasteiger partial charge on any atom is -0.342 e. The average molecular weight is 358 g/mol. The molecular formula is C20H30N4O2. The summed E-state index contributed by atoms with van der Waals surface area (Å²) in [6, 6.07) is 1.78. The highest BCUT2D eigenvalue weighted by atomic mass is 16.2. The first-order valence-electron chi connectivity index (χ1n) is 10.2. The van der Waals surface area contributed by atoms with Gasteiger partial charge in [0.2, 0.25) is 5.91 Å². The van der Waals surface area contributed by atoms with Gasteiger partial charge in [-0.1, -0.05) is 19.3 Å². The maximum absolute atomic E-state index is 13.3. The fourth-order valence-corrected chi connectivity index (χ4v) is 5.12. The third kappa shape index (κ3) is 3.26. The molecule has 6 heteroatoms. The van der Waals surface area contributed by atoms with Crippen LogP contribution in [0.2, 0.25) is 0 Å². The Hall–Kier alpha value is -1.85. The van der Waals surface area contributed by atoms with Crippen LogP contribution in [0.15, 0.2) is 6.07 Å². The van der Waals surface area contributed by atoms with Crippen LogP contribution < -0.4 is 0 Å². The van der Waals surface area contributed by atoms with Gasteiger partial charge in [-0.15, -0.1) is 0 Å². The summed E-state index contributed by atoms with van der Waals surface area (Å²) in [6.07, 6.45) is 9.25. The van der Waals surface area contributed by atoms with Crippen LogP contribution in [0.5, 0.6) is 0 Å². The van der Waals surface area contributed by atoms with E-state index in [2.05, 4.69) is 15.1 Å². The topological polar surface area (TPSA) is 69.3 Å². The van der Waals surface area contributed by atoms with Gasteiger partial charge in [0.25, 0.3) is 5.91 Å². The molecule has 3 aliphatic rings. The van der Waals surface area contributed by atoms with Crippen LogP contribution in [0.4, 0.5) is 0 Å². The number of nitrogens with one attached hydrogen (secondary N) is 1. The van der Waals surface area contributed by atoms with E-state index in [1.807, 2.05) is 11.8 Å². The first-order chi connectivity index (χ1) is 12.6. The van der Waals surface area contributed by atoms with Crippen LogP contribution in [-0.4, -0.2) is 58.0 Å². The van der Waals surface area contributed by atoms with Gasteiger partial charge < -0.3 is 9.80 Å². The van der Waals surface area contributed by atoms with Crippen molar-refractivity contribution in [3.8, 4) is 0 Å². The zero-order valence-corrected chi connectivity index (χ0v) is 15.8. The SMILES string of the molecule is Cc1cc(C(=O)N2CC[C@]3(CCCN(CC4CCCCC4)C3=O)C2)n[nH]1. The van der Waals surface area contributed by atoms with Crippen LogP contribution in [-0.2, 0) is 4.79 Å². The molecule has 6 nitrogen and oxygen atoms in total. The molecule has 1 atom stereocenters. The smallest absolute Gasteiger partial charge is 0.274 e. The Bertz CT molecular complexity index is 679. The van der Waals surface area contributed by atoms with Crippen LogP contribution in [0, 0.1) is 18.3 Å². The van der Waals surface area contributed by atoms with Crippen molar-refractivity contribution in [3.05, 3.63) is 17.5 Å². The quantitative estimate of drug-likeness (QED) is 0.903. The maximum Gasteiger partial charge on any atom is 0.274 e. The fraction of sp³-hybridized carbons (Fsp3) is 0.750. The zero-order chi connectivity index (χ0) is 18.1. The normalized spacial score (nSPS) is 27.5. The number of aromatic amines is 1. The molecule has 1 aromatic rings. The van der Waals surface area contributed by atoms with E-state index in [1.54, 1.807) is 6.07 Å². The molecule has 1 N–H and O–H groups in total. The molecule has 0 unspecified atom stereocenters. The van der Waals surface area contributed by atoms with E-state index in [-0.39, 0.29) is 11.3 Å². The van der Waals surface area contributed by atoms with Gasteiger partial charge in [-0.3, -0.25) is 14.7 Å². The summed E-state index contributed by atoms with van der Waals surface area (Å²) in [5, 5.41) is 6.93. The molecule has 2 amide bonds. The zero-order valence-electron chi connectivity index (χ0n) is 15.8. The van der Waals surface area contributed by atoms with Crippen molar-refractivity contribution in [1.82, 2.24) is 20.0 Å². The lowest BCUT2D eigenvalue weighted by atomic mass is 9.77. The van der Waals surface area contributed by atoms with Crippen molar-refractivity contribution in [1.29, 1.82) is 0 Å². The van der Waals surface area contributed by atoms with Gasteiger partial charge in [0.05, 0.1) is 5.41 Å². The number of hydrogen-bond acceptors (Lipinski definition) is 3. The van der Waals surface area contributed by atoms with Gasteiger partial charge in [0, 0.05) is 31.9 Å². The molecule has 1 saturated carbocycles. The molecule has 1 spiro atoms. The number of likely N-dealkylation sites (tertiary alicyclic amines) is 2. The molecule has 2 saturated heterocycles. The fourth-order valence-electron chi connectivity index (χ4n) is 5.12. The number of amides is 2. The Morgan fingerprint density at radius 1 is 1.23 bits per heavy atom. The van der Waals surface area contributed by atoms with Crippen LogP contribution in [0.25, 0.3) is 0 Å². The summed E-state index contributed by atoms with van der Waals surface area (Å²) >= 11 is 0. The lowest BCUT2D eigenvalue weighted by Gasteiger charge is -2.41. The Labute approximate surface area is 155 Å². The molecular weight excluding hydrogens is 328 g/mol. The molecule has 1 aliphatic carbocycles. The maximum atomic E-state index is 13.3. The Morgan fingerprint density at radius 3 is 2.77 bits per heavy atom. The average Bonchev–Trinajstić information content (AvgIpc) is 3.27.